The van der Waals surface area contributed by atoms with Crippen molar-refractivity contribution in [1.82, 2.24) is 14.7 Å². The summed E-state index contributed by atoms with van der Waals surface area (Å²) in [5, 5.41) is 6.48. The number of nitrogens with one attached hydrogen (secondary N) is 1. The smallest absolute Gasteiger partial charge is 0.138 e. The highest BCUT2D eigenvalue weighted by Crippen LogP contribution is 2.39. The highest BCUT2D eigenvalue weighted by Gasteiger charge is 2.34. The van der Waals surface area contributed by atoms with E-state index >= 15 is 0 Å². The van der Waals surface area contributed by atoms with Gasteiger partial charge >= 0.3 is 0 Å². The number of ether oxygens (including phenoxy) is 1. The van der Waals surface area contributed by atoms with E-state index in [2.05, 4.69) is 21.5 Å². The number of nitrogens with zero attached hydrogens (tertiary/aromatic N) is 3. The first-order valence-corrected chi connectivity index (χ1v) is 10.8. The van der Waals surface area contributed by atoms with Crippen LogP contribution in [0.25, 0.3) is 5.76 Å². The molecule has 0 aromatic heterocycles. The van der Waals surface area contributed by atoms with E-state index in [1.165, 1.54) is 7.05 Å². The Kier molecular flexibility index (Phi) is 5.77. The van der Waals surface area contributed by atoms with Crippen LogP contribution in [0.1, 0.15) is 19.4 Å². The summed E-state index contributed by atoms with van der Waals surface area (Å²) in [5.74, 6) is 1.61. The van der Waals surface area contributed by atoms with Gasteiger partial charge in [-0.05, 0) is 67.9 Å². The summed E-state index contributed by atoms with van der Waals surface area (Å²) < 4.78 is 20.0. The minimum absolute atomic E-state index is 0.0270. The van der Waals surface area contributed by atoms with Crippen LogP contribution in [0.15, 0.2) is 87.9 Å². The summed E-state index contributed by atoms with van der Waals surface area (Å²) in [5.41, 5.74) is 2.12. The molecule has 3 aliphatic rings. The molecule has 2 unspecified atom stereocenters. The molecule has 0 aliphatic carbocycles. The van der Waals surface area contributed by atoms with Gasteiger partial charge in [-0.3, -0.25) is 0 Å². The summed E-state index contributed by atoms with van der Waals surface area (Å²) in [6.45, 7) is 3.62. The number of rotatable bonds is 6. The Balaban J connectivity index is 1.64. The third-order valence-electron chi connectivity index (χ3n) is 5.54. The maximum atomic E-state index is 13.1. The van der Waals surface area contributed by atoms with Gasteiger partial charge in [-0.2, -0.15) is 4.91 Å². The average Bonchev–Trinajstić information content (AvgIpc) is 3.20. The second-order valence-electron chi connectivity index (χ2n) is 8.22. The first-order valence-electron chi connectivity index (χ1n) is 10.00. The fourth-order valence-corrected chi connectivity index (χ4v) is 4.25. The fourth-order valence-electron chi connectivity index (χ4n) is 3.70. The Hall–Kier alpha value is -2.84. The molecule has 3 aliphatic heterocycles. The molecule has 6 nitrogen and oxygen atoms in total. The predicted octanol–water partition coefficient (Wildman–Crippen LogP) is 4.92. The van der Waals surface area contributed by atoms with Crippen molar-refractivity contribution in [3.8, 4) is 0 Å². The Labute approximate surface area is 185 Å². The van der Waals surface area contributed by atoms with Crippen LogP contribution < -0.4 is 5.32 Å². The quantitative estimate of drug-likeness (QED) is 0.385. The largest absolute Gasteiger partial charge is 0.458 e. The van der Waals surface area contributed by atoms with E-state index in [4.69, 9.17) is 4.74 Å². The van der Waals surface area contributed by atoms with Crippen LogP contribution in [0.4, 0.5) is 4.48 Å². The summed E-state index contributed by atoms with van der Waals surface area (Å²) in [6.07, 6.45) is 12.0. The number of allylic oxidation sites excluding steroid dienone is 4. The first kappa shape index (κ1) is 21.4. The van der Waals surface area contributed by atoms with E-state index in [1.807, 2.05) is 75.8 Å². The van der Waals surface area contributed by atoms with Gasteiger partial charge in [0.2, 0.25) is 0 Å². The molecule has 2 atom stereocenters. The normalized spacial score (nSPS) is 22.7. The molecule has 162 valence electrons. The van der Waals surface area contributed by atoms with Crippen LogP contribution in [0, 0.1) is 4.91 Å². The first-order chi connectivity index (χ1) is 14.8. The zero-order valence-electron chi connectivity index (χ0n) is 17.9. The molecule has 1 aromatic rings. The number of hydrogen-bond donors (Lipinski definition) is 1. The van der Waals surface area contributed by atoms with Gasteiger partial charge in [-0.25, -0.2) is 0 Å². The van der Waals surface area contributed by atoms with Crippen molar-refractivity contribution in [3.63, 3.8) is 0 Å². The Morgan fingerprint density at radius 3 is 2.65 bits per heavy atom. The molecule has 1 N–H and O–H groups in total. The molecule has 31 heavy (non-hydrogen) atoms. The lowest BCUT2D eigenvalue weighted by molar-refractivity contribution is 0.201. The summed E-state index contributed by atoms with van der Waals surface area (Å²) >= 11 is 1.02. The predicted molar refractivity (Wildman–Crippen MR) is 122 cm³/mol. The fraction of sp³-hybridized carbons (Fsp3) is 0.304. The van der Waals surface area contributed by atoms with Crippen molar-refractivity contribution in [1.29, 1.82) is 0 Å². The highest BCUT2D eigenvalue weighted by atomic mass is 32.2. The molecule has 0 amide bonds. The molecule has 0 fully saturated rings. The second kappa shape index (κ2) is 8.36. The van der Waals surface area contributed by atoms with E-state index in [-0.39, 0.29) is 12.1 Å². The van der Waals surface area contributed by atoms with Crippen molar-refractivity contribution in [2.75, 3.05) is 14.1 Å². The van der Waals surface area contributed by atoms with Crippen molar-refractivity contribution in [2.45, 2.75) is 36.4 Å². The summed E-state index contributed by atoms with van der Waals surface area (Å²) in [6, 6.07) is 7.37. The lowest BCUT2D eigenvalue weighted by atomic mass is 9.89. The average molecular weight is 441 g/mol. The van der Waals surface area contributed by atoms with Crippen molar-refractivity contribution in [3.05, 3.63) is 88.3 Å². The van der Waals surface area contributed by atoms with Crippen LogP contribution in [0.2, 0.25) is 0 Å². The van der Waals surface area contributed by atoms with Crippen LogP contribution in [0.3, 0.4) is 0 Å². The Morgan fingerprint density at radius 1 is 1.23 bits per heavy atom. The number of halogens is 1. The number of likely N-dealkylation sites (N-methyl/N-ethyl adjacent to an activating group) is 1. The van der Waals surface area contributed by atoms with Crippen LogP contribution in [0.5, 0.6) is 0 Å². The van der Waals surface area contributed by atoms with Crippen molar-refractivity contribution in [2.24, 2.45) is 5.18 Å². The topological polar surface area (TPSA) is 57.2 Å². The number of fused-ring (bicyclic) bond motifs is 1. The summed E-state index contributed by atoms with van der Waals surface area (Å²) in [4.78, 5) is 14.2. The molecule has 0 radical (unpaired) electrons. The van der Waals surface area contributed by atoms with Gasteiger partial charge in [0.25, 0.3) is 0 Å². The van der Waals surface area contributed by atoms with E-state index in [1.54, 1.807) is 0 Å². The van der Waals surface area contributed by atoms with Gasteiger partial charge in [0.15, 0.2) is 0 Å². The van der Waals surface area contributed by atoms with Gasteiger partial charge in [0.05, 0.1) is 6.04 Å². The number of nitroso groups, excluding NO2 is 1. The van der Waals surface area contributed by atoms with Gasteiger partial charge < -0.3 is 15.0 Å². The Morgan fingerprint density at radius 2 is 1.97 bits per heavy atom. The molecular weight excluding hydrogens is 415 g/mol. The van der Waals surface area contributed by atoms with Crippen LogP contribution in [-0.4, -0.2) is 41.1 Å². The second-order valence-corrected chi connectivity index (χ2v) is 9.37. The standard InChI is InChI=1S/C23H25FN4O2S/c1-23(2,26-29)21-13-16(9-11-25-21)18-10-12-27(3)19-14-20(30-22(18)19)15-5-7-17(8-6-15)31-28(4)24/h5-14,19,21,25H,1-4H3. The monoisotopic (exact) mass is 440 g/mol. The highest BCUT2D eigenvalue weighted by molar-refractivity contribution is 7.96. The summed E-state index contributed by atoms with van der Waals surface area (Å²) in [7, 11) is 3.37. The number of hydrogen-bond acceptors (Lipinski definition) is 7. The minimum Gasteiger partial charge on any atom is -0.458 e. The lowest BCUT2D eigenvalue weighted by Crippen LogP contribution is -2.43. The molecule has 0 saturated heterocycles. The van der Waals surface area contributed by atoms with Gasteiger partial charge in [-0.1, -0.05) is 27.9 Å². The molecule has 8 heteroatoms. The third-order valence-corrected chi connectivity index (χ3v) is 6.28. The molecule has 0 spiro atoms. The van der Waals surface area contributed by atoms with E-state index in [0.717, 1.165) is 45.1 Å². The van der Waals surface area contributed by atoms with Crippen molar-refractivity contribution >= 4 is 17.7 Å². The maximum absolute atomic E-state index is 13.1. The molecular formula is C23H25FN4O2S. The third kappa shape index (κ3) is 4.31. The van der Waals surface area contributed by atoms with Gasteiger partial charge in [0, 0.05) is 36.3 Å². The zero-order valence-corrected chi connectivity index (χ0v) is 18.7. The zero-order chi connectivity index (χ0) is 22.2. The lowest BCUT2D eigenvalue weighted by Gasteiger charge is -2.31. The van der Waals surface area contributed by atoms with E-state index in [9.17, 15) is 9.39 Å². The minimum atomic E-state index is -0.775. The maximum Gasteiger partial charge on any atom is 0.138 e. The molecule has 4 rings (SSSR count). The van der Waals surface area contributed by atoms with Gasteiger partial charge in [-0.15, -0.1) is 4.48 Å². The molecule has 3 heterocycles. The molecule has 0 saturated carbocycles. The van der Waals surface area contributed by atoms with Crippen LogP contribution in [-0.2, 0) is 4.74 Å². The SMILES string of the molecule is CN(F)Sc1ccc(C2=CC3C(=C(C4=CC(C(C)(C)N=O)NC=C4)C=CN3C)O2)cc1. The Bertz CT molecular complexity index is 1020. The number of benzene rings is 1. The van der Waals surface area contributed by atoms with E-state index < -0.39 is 5.54 Å². The van der Waals surface area contributed by atoms with Crippen molar-refractivity contribution < 1.29 is 9.22 Å². The van der Waals surface area contributed by atoms with Crippen LogP contribution >= 0.6 is 11.9 Å². The van der Waals surface area contributed by atoms with E-state index in [0.29, 0.717) is 4.53 Å². The number of dihydropyridines is 1. The van der Waals surface area contributed by atoms with Gasteiger partial charge in [0.1, 0.15) is 23.1 Å². The molecule has 0 bridgehead atoms. The molecule has 1 aromatic carbocycles.